The van der Waals surface area contributed by atoms with Gasteiger partial charge in [0.25, 0.3) is 0 Å². The summed E-state index contributed by atoms with van der Waals surface area (Å²) >= 11 is 0. The topological polar surface area (TPSA) is 151 Å². The second-order valence-electron chi connectivity index (χ2n) is 4.75. The SMILES string of the molecule is NC(O)CNC(=O)CNC(=O)CCCCCNC(=O)/C=C\C=O. The Hall–Kier alpha value is -2.26. The first-order valence-electron chi connectivity index (χ1n) is 7.32. The fourth-order valence-corrected chi connectivity index (χ4v) is 1.53. The molecule has 6 N–H and O–H groups in total. The van der Waals surface area contributed by atoms with Crippen LogP contribution < -0.4 is 21.7 Å². The first kappa shape index (κ1) is 20.7. The molecule has 0 aromatic rings. The van der Waals surface area contributed by atoms with Crippen molar-refractivity contribution in [3.8, 4) is 0 Å². The molecule has 0 heterocycles. The van der Waals surface area contributed by atoms with Crippen molar-refractivity contribution in [3.63, 3.8) is 0 Å². The molecule has 0 bridgehead atoms. The summed E-state index contributed by atoms with van der Waals surface area (Å²) in [5.41, 5.74) is 5.05. The van der Waals surface area contributed by atoms with Crippen molar-refractivity contribution in [3.05, 3.63) is 12.2 Å². The molecule has 0 radical (unpaired) electrons. The molecule has 9 nitrogen and oxygen atoms in total. The maximum absolute atomic E-state index is 11.5. The van der Waals surface area contributed by atoms with Gasteiger partial charge in [-0.25, -0.2) is 0 Å². The van der Waals surface area contributed by atoms with Crippen LogP contribution in [0, 0.1) is 0 Å². The van der Waals surface area contributed by atoms with Gasteiger partial charge in [0.2, 0.25) is 17.7 Å². The van der Waals surface area contributed by atoms with Gasteiger partial charge in [-0.05, 0) is 18.9 Å². The number of carbonyl (C=O) groups is 4. The van der Waals surface area contributed by atoms with E-state index in [1.54, 1.807) is 0 Å². The number of unbranched alkanes of at least 4 members (excludes halogenated alkanes) is 2. The highest BCUT2D eigenvalue weighted by atomic mass is 16.3. The molecule has 0 saturated heterocycles. The molecule has 130 valence electrons. The molecule has 0 saturated carbocycles. The zero-order valence-electron chi connectivity index (χ0n) is 12.9. The summed E-state index contributed by atoms with van der Waals surface area (Å²) in [7, 11) is 0. The average Bonchev–Trinajstić information content (AvgIpc) is 2.52. The van der Waals surface area contributed by atoms with Crippen molar-refractivity contribution in [2.24, 2.45) is 5.73 Å². The smallest absolute Gasteiger partial charge is 0.244 e. The Morgan fingerprint density at radius 3 is 2.43 bits per heavy atom. The predicted octanol–water partition coefficient (Wildman–Crippen LogP) is -2.07. The number of aliphatic hydroxyl groups excluding tert-OH is 1. The van der Waals surface area contributed by atoms with Gasteiger partial charge < -0.3 is 26.8 Å². The first-order chi connectivity index (χ1) is 11.0. The van der Waals surface area contributed by atoms with Crippen LogP contribution in [0.15, 0.2) is 12.2 Å². The summed E-state index contributed by atoms with van der Waals surface area (Å²) in [6, 6.07) is 0. The van der Waals surface area contributed by atoms with Gasteiger partial charge in [-0.1, -0.05) is 6.42 Å². The van der Waals surface area contributed by atoms with E-state index in [2.05, 4.69) is 16.0 Å². The van der Waals surface area contributed by atoms with Crippen LogP contribution in [0.5, 0.6) is 0 Å². The van der Waals surface area contributed by atoms with Crippen LogP contribution in [0.25, 0.3) is 0 Å². The molecule has 0 aliphatic carbocycles. The Balaban J connectivity index is 3.53. The molecule has 0 aliphatic rings. The van der Waals surface area contributed by atoms with Gasteiger partial charge >= 0.3 is 0 Å². The van der Waals surface area contributed by atoms with Crippen LogP contribution in [0.1, 0.15) is 25.7 Å². The minimum atomic E-state index is -1.12. The second-order valence-corrected chi connectivity index (χ2v) is 4.75. The van der Waals surface area contributed by atoms with E-state index >= 15 is 0 Å². The molecular weight excluding hydrogens is 304 g/mol. The number of hydrogen-bond donors (Lipinski definition) is 5. The van der Waals surface area contributed by atoms with Gasteiger partial charge in [0.05, 0.1) is 13.1 Å². The third-order valence-electron chi connectivity index (χ3n) is 2.66. The third-order valence-corrected chi connectivity index (χ3v) is 2.66. The standard InChI is InChI=1S/C14H24N4O5/c15-11(20)9-17-14(23)10-18-13(22)5-2-1-3-7-16-12(21)6-4-8-19/h4,6,8,11,20H,1-3,5,7,9-10,15H2,(H,16,21)(H,17,23)(H,18,22)/b6-4-. The lowest BCUT2D eigenvalue weighted by molar-refractivity contribution is -0.126. The zero-order chi connectivity index (χ0) is 17.5. The minimum absolute atomic E-state index is 0.0670. The number of aliphatic hydroxyl groups is 1. The fourth-order valence-electron chi connectivity index (χ4n) is 1.53. The molecule has 0 fully saturated rings. The lowest BCUT2D eigenvalue weighted by Gasteiger charge is -2.08. The van der Waals surface area contributed by atoms with Crippen molar-refractivity contribution in [2.45, 2.75) is 31.9 Å². The Bertz CT molecular complexity index is 423. The number of nitrogens with one attached hydrogen (secondary N) is 3. The highest BCUT2D eigenvalue weighted by Gasteiger charge is 2.06. The summed E-state index contributed by atoms with van der Waals surface area (Å²) in [5.74, 6) is -0.996. The molecule has 9 heteroatoms. The van der Waals surface area contributed by atoms with E-state index < -0.39 is 12.1 Å². The van der Waals surface area contributed by atoms with Crippen molar-refractivity contribution in [1.29, 1.82) is 0 Å². The highest BCUT2D eigenvalue weighted by Crippen LogP contribution is 1.98. The zero-order valence-corrected chi connectivity index (χ0v) is 12.9. The number of hydrogen-bond acceptors (Lipinski definition) is 6. The van der Waals surface area contributed by atoms with Crippen molar-refractivity contribution < 1.29 is 24.3 Å². The largest absolute Gasteiger partial charge is 0.377 e. The molecule has 0 spiro atoms. The first-order valence-corrected chi connectivity index (χ1v) is 7.32. The summed E-state index contributed by atoms with van der Waals surface area (Å²) in [4.78, 5) is 43.8. The van der Waals surface area contributed by atoms with Gasteiger partial charge in [-0.2, -0.15) is 0 Å². The van der Waals surface area contributed by atoms with E-state index in [0.29, 0.717) is 25.7 Å². The Kier molecular flexibility index (Phi) is 12.1. The highest BCUT2D eigenvalue weighted by molar-refractivity contribution is 5.90. The van der Waals surface area contributed by atoms with E-state index in [1.165, 1.54) is 0 Å². The number of aldehydes is 1. The molecule has 0 aromatic heterocycles. The fraction of sp³-hybridized carbons (Fsp3) is 0.571. The summed E-state index contributed by atoms with van der Waals surface area (Å²) in [5, 5.41) is 16.2. The second kappa shape index (κ2) is 13.4. The number of nitrogens with two attached hydrogens (primary N) is 1. The van der Waals surface area contributed by atoms with Gasteiger partial charge in [-0.3, -0.25) is 19.2 Å². The molecule has 23 heavy (non-hydrogen) atoms. The van der Waals surface area contributed by atoms with E-state index in [-0.39, 0.29) is 31.3 Å². The maximum Gasteiger partial charge on any atom is 0.244 e. The van der Waals surface area contributed by atoms with E-state index in [4.69, 9.17) is 10.8 Å². The Labute approximate surface area is 134 Å². The van der Waals surface area contributed by atoms with Gasteiger partial charge in [0.15, 0.2) is 0 Å². The van der Waals surface area contributed by atoms with Gasteiger partial charge in [0.1, 0.15) is 12.5 Å². The van der Waals surface area contributed by atoms with Crippen LogP contribution >= 0.6 is 0 Å². The molecule has 3 amide bonds. The van der Waals surface area contributed by atoms with Crippen LogP contribution in [0.4, 0.5) is 0 Å². The van der Waals surface area contributed by atoms with Crippen LogP contribution in [0.3, 0.4) is 0 Å². The van der Waals surface area contributed by atoms with Crippen LogP contribution in [-0.4, -0.2) is 55.0 Å². The maximum atomic E-state index is 11.5. The lowest BCUT2D eigenvalue weighted by atomic mass is 10.2. The Morgan fingerprint density at radius 2 is 1.78 bits per heavy atom. The molecule has 1 unspecified atom stereocenters. The number of rotatable bonds is 12. The average molecular weight is 328 g/mol. The van der Waals surface area contributed by atoms with Crippen molar-refractivity contribution >= 4 is 24.0 Å². The number of carbonyl (C=O) groups excluding carboxylic acids is 4. The molecule has 1 atom stereocenters. The Morgan fingerprint density at radius 1 is 1.04 bits per heavy atom. The predicted molar refractivity (Wildman–Crippen MR) is 82.9 cm³/mol. The van der Waals surface area contributed by atoms with Crippen molar-refractivity contribution in [1.82, 2.24) is 16.0 Å². The molecular formula is C14H24N4O5. The molecule has 0 aromatic carbocycles. The molecule has 0 aliphatic heterocycles. The number of allylic oxidation sites excluding steroid dienone is 1. The van der Waals surface area contributed by atoms with E-state index in [1.807, 2.05) is 0 Å². The molecule has 0 rings (SSSR count). The monoisotopic (exact) mass is 328 g/mol. The quantitative estimate of drug-likeness (QED) is 0.120. The van der Waals surface area contributed by atoms with Gasteiger partial charge in [-0.15, -0.1) is 0 Å². The van der Waals surface area contributed by atoms with E-state index in [9.17, 15) is 19.2 Å². The minimum Gasteiger partial charge on any atom is -0.377 e. The normalized spacial score (nSPS) is 11.7. The summed E-state index contributed by atoms with van der Waals surface area (Å²) in [6.07, 6.45) is 4.04. The van der Waals surface area contributed by atoms with Crippen LogP contribution in [-0.2, 0) is 19.2 Å². The lowest BCUT2D eigenvalue weighted by Crippen LogP contribution is -2.42. The van der Waals surface area contributed by atoms with Crippen molar-refractivity contribution in [2.75, 3.05) is 19.6 Å². The summed E-state index contributed by atoms with van der Waals surface area (Å²) < 4.78 is 0. The summed E-state index contributed by atoms with van der Waals surface area (Å²) in [6.45, 7) is 0.237. The third kappa shape index (κ3) is 14.4. The van der Waals surface area contributed by atoms with E-state index in [0.717, 1.165) is 18.6 Å². The van der Waals surface area contributed by atoms with Gasteiger partial charge in [0, 0.05) is 19.0 Å². The van der Waals surface area contributed by atoms with Crippen LogP contribution in [0.2, 0.25) is 0 Å². The number of amides is 3.